The summed E-state index contributed by atoms with van der Waals surface area (Å²) < 4.78 is 0. The van der Waals surface area contributed by atoms with Crippen molar-refractivity contribution in [3.8, 4) is 0 Å². The van der Waals surface area contributed by atoms with Gasteiger partial charge in [0.1, 0.15) is 0 Å². The molecule has 2 rings (SSSR count). The molecule has 1 aliphatic heterocycles. The first-order valence-electron chi connectivity index (χ1n) is 9.42. The Labute approximate surface area is 170 Å². The summed E-state index contributed by atoms with van der Waals surface area (Å²) in [5.41, 5.74) is 2.74. The van der Waals surface area contributed by atoms with Crippen molar-refractivity contribution in [2.24, 2.45) is 10.9 Å². The van der Waals surface area contributed by atoms with Gasteiger partial charge >= 0.3 is 0 Å². The summed E-state index contributed by atoms with van der Waals surface area (Å²) in [5.74, 6) is 1.78. The van der Waals surface area contributed by atoms with E-state index in [4.69, 9.17) is 4.99 Å². The van der Waals surface area contributed by atoms with Crippen molar-refractivity contribution in [3.63, 3.8) is 0 Å². The van der Waals surface area contributed by atoms with Gasteiger partial charge in [0, 0.05) is 19.1 Å². The zero-order valence-corrected chi connectivity index (χ0v) is 18.5. The van der Waals surface area contributed by atoms with E-state index in [0.717, 1.165) is 31.5 Å². The lowest BCUT2D eigenvalue weighted by atomic mass is 9.98. The van der Waals surface area contributed by atoms with Crippen molar-refractivity contribution < 1.29 is 0 Å². The molecule has 4 nitrogen and oxygen atoms in total. The molecule has 0 bridgehead atoms. The summed E-state index contributed by atoms with van der Waals surface area (Å²) in [4.78, 5) is 7.35. The molecule has 2 N–H and O–H groups in total. The lowest BCUT2D eigenvalue weighted by Gasteiger charge is -2.30. The van der Waals surface area contributed by atoms with Crippen LogP contribution in [0.3, 0.4) is 0 Å². The van der Waals surface area contributed by atoms with E-state index >= 15 is 0 Å². The Morgan fingerprint density at radius 2 is 1.84 bits per heavy atom. The topological polar surface area (TPSA) is 39.7 Å². The highest BCUT2D eigenvalue weighted by Crippen LogP contribution is 2.20. The third-order valence-electron chi connectivity index (χ3n) is 4.57. The van der Waals surface area contributed by atoms with Gasteiger partial charge in [-0.15, -0.1) is 24.0 Å². The summed E-state index contributed by atoms with van der Waals surface area (Å²) in [5, 5.41) is 6.70. The van der Waals surface area contributed by atoms with Crippen molar-refractivity contribution in [3.05, 3.63) is 35.4 Å². The van der Waals surface area contributed by atoms with Crippen LogP contribution >= 0.6 is 24.0 Å². The number of hydrogen-bond donors (Lipinski definition) is 2. The number of likely N-dealkylation sites (tertiary alicyclic amines) is 1. The Bertz CT molecular complexity index is 522. The molecule has 1 saturated heterocycles. The Balaban J connectivity index is 0.00000312. The second-order valence-corrected chi connectivity index (χ2v) is 7.22. The van der Waals surface area contributed by atoms with E-state index in [1.165, 1.54) is 37.1 Å². The molecule has 0 amide bonds. The second-order valence-electron chi connectivity index (χ2n) is 7.22. The molecule has 0 aromatic heterocycles. The van der Waals surface area contributed by atoms with Crippen LogP contribution in [-0.4, -0.2) is 36.5 Å². The van der Waals surface area contributed by atoms with E-state index in [1.807, 2.05) is 0 Å². The second kappa shape index (κ2) is 11.7. The largest absolute Gasteiger partial charge is 0.357 e. The predicted octanol–water partition coefficient (Wildman–Crippen LogP) is 4.00. The van der Waals surface area contributed by atoms with Gasteiger partial charge in [-0.25, -0.2) is 4.99 Å². The first kappa shape index (κ1) is 22.2. The summed E-state index contributed by atoms with van der Waals surface area (Å²) in [6.07, 6.45) is 2.65. The minimum absolute atomic E-state index is 0. The molecule has 25 heavy (non-hydrogen) atoms. The van der Waals surface area contributed by atoms with Crippen LogP contribution in [0.25, 0.3) is 0 Å². The van der Waals surface area contributed by atoms with Crippen LogP contribution in [0.1, 0.15) is 51.7 Å². The van der Waals surface area contributed by atoms with E-state index in [2.05, 4.69) is 67.5 Å². The smallest absolute Gasteiger partial charge is 0.191 e. The quantitative estimate of drug-likeness (QED) is 0.385. The molecule has 1 heterocycles. The van der Waals surface area contributed by atoms with Gasteiger partial charge < -0.3 is 10.6 Å². The molecular weight excluding hydrogens is 423 g/mol. The van der Waals surface area contributed by atoms with Crippen LogP contribution in [0.2, 0.25) is 0 Å². The van der Waals surface area contributed by atoms with Crippen molar-refractivity contribution in [1.29, 1.82) is 0 Å². The minimum atomic E-state index is 0. The molecule has 0 aliphatic carbocycles. The van der Waals surface area contributed by atoms with Crippen LogP contribution < -0.4 is 10.6 Å². The fourth-order valence-electron chi connectivity index (χ4n) is 3.08. The van der Waals surface area contributed by atoms with Crippen LogP contribution in [0.4, 0.5) is 0 Å². The maximum absolute atomic E-state index is 4.77. The highest BCUT2D eigenvalue weighted by atomic mass is 127. The molecule has 1 aromatic carbocycles. The average Bonchev–Trinajstić information content (AvgIpc) is 2.55. The summed E-state index contributed by atoms with van der Waals surface area (Å²) in [6.45, 7) is 13.8. The maximum atomic E-state index is 4.77. The van der Waals surface area contributed by atoms with Gasteiger partial charge in [0.05, 0.1) is 6.54 Å². The number of piperidine rings is 1. The molecule has 0 atom stereocenters. The Morgan fingerprint density at radius 3 is 2.44 bits per heavy atom. The molecule has 1 aliphatic rings. The monoisotopic (exact) mass is 458 g/mol. The molecule has 0 unspecified atom stereocenters. The summed E-state index contributed by atoms with van der Waals surface area (Å²) >= 11 is 0. The number of aliphatic imine (C=N–C) groups is 1. The molecule has 0 spiro atoms. The number of benzene rings is 1. The first-order chi connectivity index (χ1) is 11.6. The Kier molecular flexibility index (Phi) is 10.4. The Morgan fingerprint density at radius 1 is 1.20 bits per heavy atom. The minimum Gasteiger partial charge on any atom is -0.357 e. The number of hydrogen-bond acceptors (Lipinski definition) is 2. The molecular formula is C20H35IN4. The van der Waals surface area contributed by atoms with Crippen molar-refractivity contribution in [2.45, 2.75) is 59.7 Å². The van der Waals surface area contributed by atoms with Gasteiger partial charge in [-0.2, -0.15) is 0 Å². The third kappa shape index (κ3) is 7.94. The number of nitrogens with zero attached hydrogens (tertiary/aromatic N) is 2. The predicted molar refractivity (Wildman–Crippen MR) is 119 cm³/mol. The lowest BCUT2D eigenvalue weighted by molar-refractivity contribution is 0.185. The zero-order chi connectivity index (χ0) is 17.4. The number of halogens is 1. The molecule has 142 valence electrons. The molecule has 1 aromatic rings. The van der Waals surface area contributed by atoms with Crippen molar-refractivity contribution in [1.82, 2.24) is 15.5 Å². The summed E-state index contributed by atoms with van der Waals surface area (Å²) in [6, 6.07) is 9.12. The van der Waals surface area contributed by atoms with E-state index in [9.17, 15) is 0 Å². The van der Waals surface area contributed by atoms with Gasteiger partial charge in [-0.1, -0.05) is 31.2 Å². The first-order valence-corrected chi connectivity index (χ1v) is 9.42. The number of nitrogens with one attached hydrogen (secondary N) is 2. The zero-order valence-electron chi connectivity index (χ0n) is 16.2. The van der Waals surface area contributed by atoms with Crippen LogP contribution in [-0.2, 0) is 13.1 Å². The normalized spacial score (nSPS) is 16.6. The van der Waals surface area contributed by atoms with Crippen molar-refractivity contribution >= 4 is 29.9 Å². The number of guanidine groups is 1. The highest BCUT2D eigenvalue weighted by molar-refractivity contribution is 14.0. The fourth-order valence-corrected chi connectivity index (χ4v) is 3.08. The van der Waals surface area contributed by atoms with Gasteiger partial charge in [0.25, 0.3) is 0 Å². The highest BCUT2D eigenvalue weighted by Gasteiger charge is 2.16. The van der Waals surface area contributed by atoms with E-state index in [-0.39, 0.29) is 24.0 Å². The number of rotatable bonds is 6. The van der Waals surface area contributed by atoms with Crippen LogP contribution in [0.15, 0.2) is 29.3 Å². The average molecular weight is 458 g/mol. The maximum Gasteiger partial charge on any atom is 0.191 e. The lowest BCUT2D eigenvalue weighted by Crippen LogP contribution is -2.41. The Hall–Kier alpha value is -0.820. The van der Waals surface area contributed by atoms with Gasteiger partial charge in [-0.05, 0) is 63.7 Å². The fraction of sp³-hybridized carbons (Fsp3) is 0.650. The van der Waals surface area contributed by atoms with Gasteiger partial charge in [0.15, 0.2) is 5.96 Å². The van der Waals surface area contributed by atoms with Gasteiger partial charge in [0.2, 0.25) is 0 Å². The van der Waals surface area contributed by atoms with E-state index < -0.39 is 0 Å². The molecule has 0 radical (unpaired) electrons. The molecule has 5 heteroatoms. The molecule has 0 saturated carbocycles. The van der Waals surface area contributed by atoms with E-state index in [0.29, 0.717) is 6.04 Å². The SMILES string of the molecule is CCNC(=NCc1ccccc1CN1CCC(C)CC1)NC(C)C.I. The molecule has 1 fully saturated rings. The van der Waals surface area contributed by atoms with Gasteiger partial charge in [-0.3, -0.25) is 4.90 Å². The third-order valence-corrected chi connectivity index (χ3v) is 4.57. The standard InChI is InChI=1S/C20H34N4.HI/c1-5-21-20(23-16(2)3)22-14-18-8-6-7-9-19(18)15-24-12-10-17(4)11-13-24;/h6-9,16-17H,5,10-15H2,1-4H3,(H2,21,22,23);1H. The van der Waals surface area contributed by atoms with Crippen molar-refractivity contribution in [2.75, 3.05) is 19.6 Å². The van der Waals surface area contributed by atoms with Crippen LogP contribution in [0.5, 0.6) is 0 Å². The van der Waals surface area contributed by atoms with E-state index in [1.54, 1.807) is 0 Å². The van der Waals surface area contributed by atoms with Crippen LogP contribution in [0, 0.1) is 5.92 Å². The summed E-state index contributed by atoms with van der Waals surface area (Å²) in [7, 11) is 0.